The number of nitrogens with zero attached hydrogens (tertiary/aromatic N) is 8. The van der Waals surface area contributed by atoms with Crippen LogP contribution in [-0.4, -0.2) is 19.9 Å². The van der Waals surface area contributed by atoms with Crippen molar-refractivity contribution in [1.29, 1.82) is 0 Å². The smallest absolute Gasteiger partial charge is 0.227 e. The zero-order chi connectivity index (χ0) is 87.5. The number of furan rings is 4. The third-order valence-electron chi connectivity index (χ3n) is 24.1. The van der Waals surface area contributed by atoms with E-state index in [-0.39, 0.29) is 35.2 Å². The van der Waals surface area contributed by atoms with Crippen LogP contribution in [0.1, 0.15) is 123 Å². The van der Waals surface area contributed by atoms with Crippen LogP contribution in [-0.2, 0) is 34.6 Å². The van der Waals surface area contributed by atoms with Gasteiger partial charge >= 0.3 is 0 Å². The third-order valence-corrected chi connectivity index (χ3v) is 24.1. The Morgan fingerprint density at radius 3 is 1.10 bits per heavy atom. The molecule has 0 atom stereocenters. The number of aromatic nitrogens is 8. The topological polar surface area (TPSA) is 120 Å². The number of hydrogen-bond donors (Lipinski definition) is 0. The van der Waals surface area contributed by atoms with Crippen LogP contribution in [0.5, 0.6) is 0 Å². The molecule has 0 bridgehead atoms. The van der Waals surface area contributed by atoms with Gasteiger partial charge in [0.2, 0.25) is 45.6 Å². The van der Waals surface area contributed by atoms with Gasteiger partial charge in [-0.2, -0.15) is 0 Å². The second-order valence-electron chi connectivity index (χ2n) is 34.4. The maximum absolute atomic E-state index is 15.1. The summed E-state index contributed by atoms with van der Waals surface area (Å²) in [6.45, 7) is 26.8. The first-order chi connectivity index (χ1) is 60.2. The average molecular weight is 1660 g/mol. The maximum Gasteiger partial charge on any atom is 0.227 e. The highest BCUT2D eigenvalue weighted by Crippen LogP contribution is 2.43. The molecule has 0 fully saturated rings. The molecule has 12 nitrogen and oxygen atoms in total. The standard InChI is InChI=1S/C30H30FN2O.C28H26FN2O.C27H24FN2O.C25H21N2O/c1-17(2)24-14-21(15-25(18(3)4)28(24)31)20-10-12-26(33(6)16-20)27-19(5)9-11-22-23-8-7-13-32-30(23)34-29(22)27;1-17(2)14-21-15-19(8-11-24(21)29)20-9-12-25(31(4)16-20)26-18(3)7-10-22-23-6-5-13-30-28(23)32-27(22)26;1-16(2)22-14-18(8-11-23(22)28)19-9-12-24(30(4)15-19)25-17(3)7-10-20-21-6-5-13-29-27(21)31-26(20)25;1-16-9-11-20-21-12-10-17(2)26-25(21)28-24(20)23(16)22-15-19(13-14-27(22)3)18-7-5-4-6-8-18/h7-18H,1-6H3;5-13,15-17H,14H2,1-4H3;5-16H,1-4H3;4-15H,1-3H3/q4*+1. The van der Waals surface area contributed by atoms with E-state index in [0.717, 1.165) is 195 Å². The van der Waals surface area contributed by atoms with Crippen molar-refractivity contribution in [2.24, 2.45) is 34.1 Å². The summed E-state index contributed by atoms with van der Waals surface area (Å²) in [5, 5.41) is 8.42. The highest BCUT2D eigenvalue weighted by molar-refractivity contribution is 6.12. The first-order valence-electron chi connectivity index (χ1n) is 42.8. The molecule has 0 aliphatic heterocycles. The van der Waals surface area contributed by atoms with Crippen molar-refractivity contribution in [3.05, 3.63) is 335 Å². The fraction of sp³-hybridized carbons (Fsp3) is 0.200. The molecule has 20 aromatic rings. The largest absolute Gasteiger partial charge is 0.437 e. The molecule has 0 unspecified atom stereocenters. The molecule has 0 saturated carbocycles. The summed E-state index contributed by atoms with van der Waals surface area (Å²) < 4.78 is 76.9. The molecule has 0 aliphatic carbocycles. The number of benzene rings is 8. The molecular weight excluding hydrogens is 1550 g/mol. The Hall–Kier alpha value is -14.1. The Balaban J connectivity index is 0.000000118. The van der Waals surface area contributed by atoms with Crippen LogP contribution in [0.2, 0.25) is 0 Å². The van der Waals surface area contributed by atoms with Gasteiger partial charge in [0.15, 0.2) is 47.1 Å². The molecule has 0 spiro atoms. The first kappa shape index (κ1) is 83.2. The Kier molecular flexibility index (Phi) is 22.9. The number of rotatable bonds is 13. The third kappa shape index (κ3) is 16.1. The second-order valence-corrected chi connectivity index (χ2v) is 34.4. The molecule has 8 aromatic carbocycles. The van der Waals surface area contributed by atoms with Crippen LogP contribution in [0.4, 0.5) is 13.2 Å². The normalized spacial score (nSPS) is 11.7. The minimum atomic E-state index is -0.152. The highest BCUT2D eigenvalue weighted by Gasteiger charge is 2.29. The molecule has 0 saturated heterocycles. The van der Waals surface area contributed by atoms with Gasteiger partial charge in [-0.25, -0.2) is 51.4 Å². The van der Waals surface area contributed by atoms with Crippen molar-refractivity contribution in [3.63, 3.8) is 0 Å². The van der Waals surface area contributed by atoms with Gasteiger partial charge in [0.05, 0.1) is 22.3 Å². The zero-order valence-corrected chi connectivity index (χ0v) is 73.8. The van der Waals surface area contributed by atoms with Gasteiger partial charge in [0, 0.05) is 114 Å². The molecule has 0 amide bonds. The quantitative estimate of drug-likeness (QED) is 0.105. The fourth-order valence-electron chi connectivity index (χ4n) is 17.4. The van der Waals surface area contributed by atoms with Gasteiger partial charge < -0.3 is 17.7 Å². The number of pyridine rings is 8. The van der Waals surface area contributed by atoms with E-state index in [1.165, 1.54) is 16.7 Å². The van der Waals surface area contributed by atoms with Crippen LogP contribution < -0.4 is 18.3 Å². The summed E-state index contributed by atoms with van der Waals surface area (Å²) >= 11 is 0. The molecule has 12 aromatic heterocycles. The van der Waals surface area contributed by atoms with Crippen LogP contribution in [0.25, 0.3) is 178 Å². The van der Waals surface area contributed by atoms with E-state index >= 15 is 4.39 Å². The second kappa shape index (κ2) is 34.3. The Bertz CT molecular complexity index is 7550. The van der Waals surface area contributed by atoms with Gasteiger partial charge in [0.1, 0.15) is 45.6 Å². The van der Waals surface area contributed by atoms with Crippen LogP contribution in [0.15, 0.2) is 286 Å². The molecule has 12 heterocycles. The van der Waals surface area contributed by atoms with Gasteiger partial charge in [-0.05, 0) is 240 Å². The number of fused-ring (bicyclic) bond motifs is 12. The van der Waals surface area contributed by atoms with E-state index in [4.69, 9.17) is 17.7 Å². The zero-order valence-electron chi connectivity index (χ0n) is 73.8. The van der Waals surface area contributed by atoms with Crippen LogP contribution in [0.3, 0.4) is 0 Å². The summed E-state index contributed by atoms with van der Waals surface area (Å²) in [5.41, 5.74) is 31.9. The lowest BCUT2D eigenvalue weighted by molar-refractivity contribution is -0.660. The molecule has 0 radical (unpaired) electrons. The van der Waals surface area contributed by atoms with Gasteiger partial charge in [-0.1, -0.05) is 146 Å². The van der Waals surface area contributed by atoms with E-state index in [1.54, 1.807) is 30.7 Å². The molecule has 622 valence electrons. The monoisotopic (exact) mass is 1650 g/mol. The lowest BCUT2D eigenvalue weighted by atomic mass is 9.90. The molecule has 15 heteroatoms. The van der Waals surface area contributed by atoms with E-state index in [2.05, 4.69) is 239 Å². The SMILES string of the molecule is Cc1ccc2c(n1)oc1c(-c3cc(-c4ccccc4)cc[n+]3C)c(C)ccc12.Cc1ccc2c(oc3ncccc32)c1-c1ccc(-c2cc(C(C)C)c(F)c(C(C)C)c2)c[n+]1C.Cc1ccc2c(oc3ncccc32)c1-c1ccc(-c2ccc(F)c(C(C)C)c2)c[n+]1C.Cc1ccc2c(oc3ncccc32)c1-c1ccc(-c2ccc(F)c(CC(C)C)c2)c[n+]1C. The Labute approximate surface area is 726 Å². The number of aryl methyl sites for hydroxylation is 9. The van der Waals surface area contributed by atoms with Crippen molar-refractivity contribution in [1.82, 2.24) is 19.9 Å². The van der Waals surface area contributed by atoms with Crippen molar-refractivity contribution in [2.75, 3.05) is 0 Å². The van der Waals surface area contributed by atoms with Gasteiger partial charge in [-0.15, -0.1) is 0 Å². The minimum absolute atomic E-state index is 0.0736. The predicted octanol–water partition coefficient (Wildman–Crippen LogP) is 27.1. The molecule has 20 rings (SSSR count). The van der Waals surface area contributed by atoms with Crippen molar-refractivity contribution >= 4 is 88.3 Å². The van der Waals surface area contributed by atoms with Gasteiger partial charge in [-0.3, -0.25) is 0 Å². The minimum Gasteiger partial charge on any atom is -0.437 e. The fourth-order valence-corrected chi connectivity index (χ4v) is 17.4. The summed E-state index contributed by atoms with van der Waals surface area (Å²) in [5.74, 6) is 0.412. The van der Waals surface area contributed by atoms with Crippen molar-refractivity contribution < 1.29 is 49.1 Å². The molecule has 0 N–H and O–H groups in total. The van der Waals surface area contributed by atoms with E-state index in [0.29, 0.717) is 28.8 Å². The highest BCUT2D eigenvalue weighted by atomic mass is 19.1. The van der Waals surface area contributed by atoms with E-state index in [9.17, 15) is 8.78 Å². The predicted molar refractivity (Wildman–Crippen MR) is 499 cm³/mol. The lowest BCUT2D eigenvalue weighted by Crippen LogP contribution is -2.31. The van der Waals surface area contributed by atoms with Gasteiger partial charge in [0.25, 0.3) is 0 Å². The van der Waals surface area contributed by atoms with Crippen LogP contribution in [0, 0.1) is 58.0 Å². The van der Waals surface area contributed by atoms with E-state index in [1.807, 2.05) is 155 Å². The number of hydrogen-bond acceptors (Lipinski definition) is 8. The summed E-state index contributed by atoms with van der Waals surface area (Å²) in [6, 6.07) is 75.3. The lowest BCUT2D eigenvalue weighted by Gasteiger charge is -2.16. The van der Waals surface area contributed by atoms with Crippen molar-refractivity contribution in [3.8, 4) is 89.5 Å². The summed E-state index contributed by atoms with van der Waals surface area (Å²) in [7, 11) is 8.20. The molecular formula is C110H101F3N8O4+4. The number of halogens is 3. The summed E-state index contributed by atoms with van der Waals surface area (Å²) in [4.78, 5) is 17.8. The Morgan fingerprint density at radius 1 is 0.304 bits per heavy atom. The average Bonchev–Trinajstić information content (AvgIpc) is 1.63. The van der Waals surface area contributed by atoms with Crippen molar-refractivity contribution in [2.45, 2.75) is 114 Å². The first-order valence-corrected chi connectivity index (χ1v) is 42.8. The Morgan fingerprint density at radius 2 is 0.672 bits per heavy atom. The summed E-state index contributed by atoms with van der Waals surface area (Å²) in [6.07, 6.45) is 14.4. The molecule has 0 aliphatic rings. The maximum atomic E-state index is 15.1. The van der Waals surface area contributed by atoms with Crippen LogP contribution >= 0.6 is 0 Å². The molecule has 125 heavy (non-hydrogen) atoms. The van der Waals surface area contributed by atoms with E-state index < -0.39 is 0 Å².